The number of pyridine rings is 1. The maximum Gasteiger partial charge on any atom is 0.236 e. The SMILES string of the molecule is Cc1nccn1-c1cccc([C@H]2CCCN(C(=O)CN(C)C)C2)n1. The molecular weight excluding hydrogens is 302 g/mol. The van der Waals surface area contributed by atoms with Gasteiger partial charge in [-0.05, 0) is 46.0 Å². The van der Waals surface area contributed by atoms with Crippen LogP contribution in [-0.2, 0) is 4.79 Å². The van der Waals surface area contributed by atoms with Crippen molar-refractivity contribution in [2.24, 2.45) is 0 Å². The van der Waals surface area contributed by atoms with E-state index >= 15 is 0 Å². The van der Waals surface area contributed by atoms with Crippen LogP contribution < -0.4 is 0 Å². The van der Waals surface area contributed by atoms with Crippen LogP contribution in [-0.4, -0.2) is 64.0 Å². The van der Waals surface area contributed by atoms with E-state index in [0.717, 1.165) is 43.3 Å². The third-order valence-corrected chi connectivity index (χ3v) is 4.47. The predicted molar refractivity (Wildman–Crippen MR) is 93.2 cm³/mol. The fourth-order valence-electron chi connectivity index (χ4n) is 3.24. The van der Waals surface area contributed by atoms with Gasteiger partial charge in [0.05, 0.1) is 6.54 Å². The van der Waals surface area contributed by atoms with Gasteiger partial charge in [-0.1, -0.05) is 6.07 Å². The lowest BCUT2D eigenvalue weighted by molar-refractivity contribution is -0.133. The van der Waals surface area contributed by atoms with Crippen LogP contribution in [0.1, 0.15) is 30.3 Å². The second kappa shape index (κ2) is 7.13. The van der Waals surface area contributed by atoms with Crippen LogP contribution >= 0.6 is 0 Å². The van der Waals surface area contributed by atoms with E-state index in [1.807, 2.05) is 53.7 Å². The summed E-state index contributed by atoms with van der Waals surface area (Å²) in [5.74, 6) is 2.31. The van der Waals surface area contributed by atoms with Crippen LogP contribution in [0.3, 0.4) is 0 Å². The molecule has 3 rings (SSSR count). The summed E-state index contributed by atoms with van der Waals surface area (Å²) in [4.78, 5) is 25.3. The number of imidazole rings is 1. The molecule has 0 saturated carbocycles. The number of amides is 1. The third-order valence-electron chi connectivity index (χ3n) is 4.47. The standard InChI is InChI=1S/C18H25N5O/c1-14-19-9-11-23(14)17-8-4-7-16(20-17)15-6-5-10-22(12-15)18(24)13-21(2)3/h4,7-9,11,15H,5-6,10,12-13H2,1-3H3/t15-/m0/s1. The van der Waals surface area contributed by atoms with Crippen LogP contribution in [0.15, 0.2) is 30.6 Å². The normalized spacial score (nSPS) is 18.2. The van der Waals surface area contributed by atoms with Crippen LogP contribution in [0.4, 0.5) is 0 Å². The van der Waals surface area contributed by atoms with Gasteiger partial charge in [0, 0.05) is 37.1 Å². The van der Waals surface area contributed by atoms with E-state index in [9.17, 15) is 4.79 Å². The Hall–Kier alpha value is -2.21. The van der Waals surface area contributed by atoms with Gasteiger partial charge in [0.1, 0.15) is 11.6 Å². The third kappa shape index (κ3) is 3.64. The Morgan fingerprint density at radius 3 is 2.92 bits per heavy atom. The van der Waals surface area contributed by atoms with E-state index in [2.05, 4.69) is 11.1 Å². The van der Waals surface area contributed by atoms with Crippen LogP contribution in [0.2, 0.25) is 0 Å². The fourth-order valence-corrected chi connectivity index (χ4v) is 3.24. The van der Waals surface area contributed by atoms with Crippen molar-refractivity contribution in [1.29, 1.82) is 0 Å². The van der Waals surface area contributed by atoms with Gasteiger partial charge in [-0.25, -0.2) is 9.97 Å². The molecule has 2 aromatic heterocycles. The van der Waals surface area contributed by atoms with Crippen molar-refractivity contribution < 1.29 is 4.79 Å². The zero-order valence-corrected chi connectivity index (χ0v) is 14.6. The number of rotatable bonds is 4. The molecule has 6 heteroatoms. The maximum atomic E-state index is 12.3. The monoisotopic (exact) mass is 327 g/mol. The summed E-state index contributed by atoms with van der Waals surface area (Å²) in [7, 11) is 3.86. The first-order valence-electron chi connectivity index (χ1n) is 8.44. The average molecular weight is 327 g/mol. The Labute approximate surface area is 143 Å². The van der Waals surface area contributed by atoms with E-state index in [1.165, 1.54) is 0 Å². The first kappa shape index (κ1) is 16.6. The first-order chi connectivity index (χ1) is 11.5. The van der Waals surface area contributed by atoms with Crippen molar-refractivity contribution in [1.82, 2.24) is 24.3 Å². The second-order valence-electron chi connectivity index (χ2n) is 6.68. The Morgan fingerprint density at radius 2 is 2.21 bits per heavy atom. The predicted octanol–water partition coefficient (Wildman–Crippen LogP) is 1.84. The van der Waals surface area contributed by atoms with Gasteiger partial charge in [-0.3, -0.25) is 9.36 Å². The molecule has 1 fully saturated rings. The molecule has 0 aliphatic carbocycles. The van der Waals surface area contributed by atoms with Crippen molar-refractivity contribution in [2.45, 2.75) is 25.7 Å². The summed E-state index contributed by atoms with van der Waals surface area (Å²) in [5.41, 5.74) is 1.06. The zero-order chi connectivity index (χ0) is 17.1. The van der Waals surface area contributed by atoms with Gasteiger partial charge < -0.3 is 9.80 Å². The van der Waals surface area contributed by atoms with Gasteiger partial charge in [0.15, 0.2) is 0 Å². The summed E-state index contributed by atoms with van der Waals surface area (Å²) < 4.78 is 1.99. The van der Waals surface area contributed by atoms with Gasteiger partial charge in [-0.2, -0.15) is 0 Å². The highest BCUT2D eigenvalue weighted by Gasteiger charge is 2.25. The second-order valence-corrected chi connectivity index (χ2v) is 6.68. The molecule has 24 heavy (non-hydrogen) atoms. The molecule has 1 aliphatic heterocycles. The molecule has 1 saturated heterocycles. The molecule has 0 aromatic carbocycles. The minimum absolute atomic E-state index is 0.200. The summed E-state index contributed by atoms with van der Waals surface area (Å²) >= 11 is 0. The molecular formula is C18H25N5O. The lowest BCUT2D eigenvalue weighted by Crippen LogP contribution is -2.43. The summed E-state index contributed by atoms with van der Waals surface area (Å²) in [6.07, 6.45) is 5.81. The topological polar surface area (TPSA) is 54.3 Å². The molecule has 0 radical (unpaired) electrons. The molecule has 1 atom stereocenters. The van der Waals surface area contributed by atoms with Gasteiger partial charge in [0.25, 0.3) is 0 Å². The van der Waals surface area contributed by atoms with E-state index in [0.29, 0.717) is 12.5 Å². The van der Waals surface area contributed by atoms with Crippen LogP contribution in [0.5, 0.6) is 0 Å². The average Bonchev–Trinajstić information content (AvgIpc) is 3.00. The summed E-state index contributed by atoms with van der Waals surface area (Å²) in [6, 6.07) is 6.11. The van der Waals surface area contributed by atoms with Crippen molar-refractivity contribution >= 4 is 5.91 Å². The molecule has 1 amide bonds. The zero-order valence-electron chi connectivity index (χ0n) is 14.6. The number of hydrogen-bond acceptors (Lipinski definition) is 4. The molecule has 6 nitrogen and oxygen atoms in total. The number of aromatic nitrogens is 3. The number of piperidine rings is 1. The minimum Gasteiger partial charge on any atom is -0.341 e. The molecule has 0 bridgehead atoms. The lowest BCUT2D eigenvalue weighted by atomic mass is 9.94. The number of carbonyl (C=O) groups excluding carboxylic acids is 1. The van der Waals surface area contributed by atoms with E-state index < -0.39 is 0 Å². The van der Waals surface area contributed by atoms with Crippen molar-refractivity contribution in [2.75, 3.05) is 33.7 Å². The molecule has 0 spiro atoms. The highest BCUT2D eigenvalue weighted by molar-refractivity contribution is 5.78. The van der Waals surface area contributed by atoms with Crippen LogP contribution in [0.25, 0.3) is 5.82 Å². The van der Waals surface area contributed by atoms with E-state index in [4.69, 9.17) is 4.98 Å². The molecule has 2 aromatic rings. The summed E-state index contributed by atoms with van der Waals surface area (Å²) in [6.45, 7) is 4.04. The Morgan fingerprint density at radius 1 is 1.38 bits per heavy atom. The smallest absolute Gasteiger partial charge is 0.236 e. The Kier molecular flexibility index (Phi) is 4.94. The molecule has 0 unspecified atom stereocenters. The number of likely N-dealkylation sites (N-methyl/N-ethyl adjacent to an activating group) is 1. The molecule has 128 valence electrons. The lowest BCUT2D eigenvalue weighted by Gasteiger charge is -2.33. The minimum atomic E-state index is 0.200. The van der Waals surface area contributed by atoms with Crippen molar-refractivity contribution in [3.63, 3.8) is 0 Å². The maximum absolute atomic E-state index is 12.3. The number of hydrogen-bond donors (Lipinski definition) is 0. The Bertz CT molecular complexity index is 709. The highest BCUT2D eigenvalue weighted by Crippen LogP contribution is 2.26. The number of nitrogens with zero attached hydrogens (tertiary/aromatic N) is 5. The van der Waals surface area contributed by atoms with Crippen LogP contribution in [0, 0.1) is 6.92 Å². The number of aryl methyl sites for hydroxylation is 1. The molecule has 3 heterocycles. The van der Waals surface area contributed by atoms with Gasteiger partial charge in [0.2, 0.25) is 5.91 Å². The molecule has 1 aliphatic rings. The number of likely N-dealkylation sites (tertiary alicyclic amines) is 1. The van der Waals surface area contributed by atoms with Gasteiger partial charge in [-0.15, -0.1) is 0 Å². The van der Waals surface area contributed by atoms with E-state index in [-0.39, 0.29) is 5.91 Å². The van der Waals surface area contributed by atoms with E-state index in [1.54, 1.807) is 6.20 Å². The number of carbonyl (C=O) groups is 1. The summed E-state index contributed by atoms with van der Waals surface area (Å²) in [5, 5.41) is 0. The fraction of sp³-hybridized carbons (Fsp3) is 0.500. The Balaban J connectivity index is 1.77. The quantitative estimate of drug-likeness (QED) is 0.860. The molecule has 0 N–H and O–H groups in total. The largest absolute Gasteiger partial charge is 0.341 e. The van der Waals surface area contributed by atoms with Crippen molar-refractivity contribution in [3.05, 3.63) is 42.1 Å². The first-order valence-corrected chi connectivity index (χ1v) is 8.44. The van der Waals surface area contributed by atoms with Crippen molar-refractivity contribution in [3.8, 4) is 5.82 Å². The van der Waals surface area contributed by atoms with Gasteiger partial charge >= 0.3 is 0 Å². The highest BCUT2D eigenvalue weighted by atomic mass is 16.2.